The molecule has 0 saturated carbocycles. The molecule has 4 N–H and O–H groups in total. The average molecular weight is 369 g/mol. The quantitative estimate of drug-likeness (QED) is 0.746. The van der Waals surface area contributed by atoms with Gasteiger partial charge in [-0.1, -0.05) is 32.4 Å². The molecule has 1 aromatic carbocycles. The van der Waals surface area contributed by atoms with Crippen LogP contribution in [0.5, 0.6) is 0 Å². The Hall–Kier alpha value is -3.16. The summed E-state index contributed by atoms with van der Waals surface area (Å²) < 4.78 is 5.08. The van der Waals surface area contributed by atoms with Gasteiger partial charge in [-0.25, -0.2) is 9.98 Å². The highest BCUT2D eigenvalue weighted by atomic mass is 16.3. The number of carbonyl (C=O) groups is 2. The van der Waals surface area contributed by atoms with Gasteiger partial charge in [0.25, 0.3) is 5.91 Å². The topological polar surface area (TPSA) is 123 Å². The van der Waals surface area contributed by atoms with Gasteiger partial charge in [0.1, 0.15) is 11.8 Å². The molecule has 27 heavy (non-hydrogen) atoms. The summed E-state index contributed by atoms with van der Waals surface area (Å²) in [6.07, 6.45) is 2.79. The third-order valence-corrected chi connectivity index (χ3v) is 4.78. The van der Waals surface area contributed by atoms with E-state index >= 15 is 0 Å². The second-order valence-corrected chi connectivity index (χ2v) is 6.67. The van der Waals surface area contributed by atoms with Crippen molar-refractivity contribution < 1.29 is 14.0 Å². The number of oxazole rings is 1. The van der Waals surface area contributed by atoms with E-state index in [9.17, 15) is 9.59 Å². The molecule has 3 rings (SSSR count). The monoisotopic (exact) mass is 369 g/mol. The summed E-state index contributed by atoms with van der Waals surface area (Å²) in [5, 5.41) is 5.39. The lowest BCUT2D eigenvalue weighted by Gasteiger charge is -2.38. The molecule has 2 aromatic rings. The third-order valence-electron chi connectivity index (χ3n) is 4.78. The van der Waals surface area contributed by atoms with Crippen LogP contribution in [0, 0.1) is 12.8 Å². The van der Waals surface area contributed by atoms with E-state index in [2.05, 4.69) is 20.6 Å². The van der Waals surface area contributed by atoms with Crippen LogP contribution < -0.4 is 16.4 Å². The van der Waals surface area contributed by atoms with Crippen molar-refractivity contribution in [2.75, 3.05) is 5.32 Å². The fraction of sp³-hybridized carbons (Fsp3) is 0.368. The number of rotatable bonds is 5. The van der Waals surface area contributed by atoms with Crippen molar-refractivity contribution in [2.45, 2.75) is 39.2 Å². The number of hydrogen-bond donors (Lipinski definition) is 3. The Morgan fingerprint density at radius 1 is 1.44 bits per heavy atom. The Kier molecular flexibility index (Phi) is 4.98. The van der Waals surface area contributed by atoms with E-state index in [0.717, 1.165) is 12.0 Å². The highest BCUT2D eigenvalue weighted by Gasteiger charge is 2.44. The number of benzene rings is 1. The number of guanidine groups is 1. The maximum absolute atomic E-state index is 12.4. The molecule has 1 aromatic heterocycles. The van der Waals surface area contributed by atoms with Crippen LogP contribution in [0.1, 0.15) is 48.6 Å². The zero-order valence-corrected chi connectivity index (χ0v) is 15.6. The molecule has 2 atom stereocenters. The molecule has 0 aliphatic carbocycles. The fourth-order valence-corrected chi connectivity index (χ4v) is 3.43. The highest BCUT2D eigenvalue weighted by molar-refractivity contribution is 6.03. The van der Waals surface area contributed by atoms with Gasteiger partial charge in [-0.2, -0.15) is 0 Å². The minimum Gasteiger partial charge on any atom is -0.448 e. The lowest BCUT2D eigenvalue weighted by molar-refractivity contribution is -0.126. The Labute approximate surface area is 157 Å². The molecule has 8 heteroatoms. The maximum atomic E-state index is 12.4. The molecule has 2 amide bonds. The average Bonchev–Trinajstić information content (AvgIpc) is 3.06. The Morgan fingerprint density at radius 2 is 2.22 bits per heavy atom. The van der Waals surface area contributed by atoms with E-state index in [1.54, 1.807) is 13.0 Å². The predicted molar refractivity (Wildman–Crippen MR) is 101 cm³/mol. The van der Waals surface area contributed by atoms with Gasteiger partial charge < -0.3 is 15.5 Å². The van der Waals surface area contributed by atoms with E-state index < -0.39 is 11.5 Å². The summed E-state index contributed by atoms with van der Waals surface area (Å²) in [7, 11) is 0. The maximum Gasteiger partial charge on any atom is 0.277 e. The first-order valence-electron chi connectivity index (χ1n) is 8.86. The number of anilines is 1. The van der Waals surface area contributed by atoms with Crippen LogP contribution in [0.4, 0.5) is 5.69 Å². The van der Waals surface area contributed by atoms with Crippen LogP contribution in [0.15, 0.2) is 39.9 Å². The van der Waals surface area contributed by atoms with E-state index in [1.165, 1.54) is 6.26 Å². The summed E-state index contributed by atoms with van der Waals surface area (Å²) in [4.78, 5) is 33.3. The van der Waals surface area contributed by atoms with Gasteiger partial charge in [0.05, 0.1) is 5.92 Å². The summed E-state index contributed by atoms with van der Waals surface area (Å²) in [5.74, 6) is -0.398. The first-order chi connectivity index (χ1) is 12.9. The number of aromatic nitrogens is 1. The summed E-state index contributed by atoms with van der Waals surface area (Å²) in [5.41, 5.74) is 6.70. The molecule has 8 nitrogen and oxygen atoms in total. The molecular formula is C19H23N5O3. The van der Waals surface area contributed by atoms with Crippen molar-refractivity contribution in [3.05, 3.63) is 47.7 Å². The number of nitrogens with zero attached hydrogens (tertiary/aromatic N) is 2. The van der Waals surface area contributed by atoms with Gasteiger partial charge in [-0.05, 0) is 24.1 Å². The number of carbonyl (C=O) groups excluding carboxylic acids is 2. The minimum absolute atomic E-state index is 0.110. The van der Waals surface area contributed by atoms with Crippen molar-refractivity contribution in [2.24, 2.45) is 16.6 Å². The molecule has 2 heterocycles. The molecule has 142 valence electrons. The van der Waals surface area contributed by atoms with Gasteiger partial charge >= 0.3 is 0 Å². The first-order valence-corrected chi connectivity index (χ1v) is 8.86. The van der Waals surface area contributed by atoms with E-state index in [-0.39, 0.29) is 23.5 Å². The smallest absolute Gasteiger partial charge is 0.277 e. The van der Waals surface area contributed by atoms with E-state index in [4.69, 9.17) is 10.2 Å². The van der Waals surface area contributed by atoms with Crippen molar-refractivity contribution in [1.82, 2.24) is 10.3 Å². The molecule has 0 spiro atoms. The fourth-order valence-electron chi connectivity index (χ4n) is 3.43. The SMILES string of the molecule is CCC[C@]1(c2cccc(NC(=O)c3coc(C)n3)c2)N=C(N)NC(=O)C1C. The zero-order valence-electron chi connectivity index (χ0n) is 15.6. The summed E-state index contributed by atoms with van der Waals surface area (Å²) in [6, 6.07) is 7.32. The van der Waals surface area contributed by atoms with Gasteiger partial charge in [-0.15, -0.1) is 0 Å². The number of nitrogens with one attached hydrogen (secondary N) is 2. The van der Waals surface area contributed by atoms with Crippen LogP contribution in [0.3, 0.4) is 0 Å². The molecular weight excluding hydrogens is 346 g/mol. The van der Waals surface area contributed by atoms with Gasteiger partial charge in [0.15, 0.2) is 17.5 Å². The first kappa shape index (κ1) is 18.6. The normalized spacial score (nSPS) is 22.1. The Morgan fingerprint density at radius 3 is 2.89 bits per heavy atom. The number of aryl methyl sites for hydroxylation is 1. The molecule has 0 bridgehead atoms. The van der Waals surface area contributed by atoms with Crippen LogP contribution in [-0.2, 0) is 10.3 Å². The van der Waals surface area contributed by atoms with Crippen LogP contribution >= 0.6 is 0 Å². The Bertz CT molecular complexity index is 904. The molecule has 1 aliphatic heterocycles. The number of amides is 2. The molecule has 0 fully saturated rings. The third kappa shape index (κ3) is 3.55. The van der Waals surface area contributed by atoms with Crippen LogP contribution in [-0.4, -0.2) is 22.8 Å². The lowest BCUT2D eigenvalue weighted by Crippen LogP contribution is -2.53. The minimum atomic E-state index is -0.771. The Balaban J connectivity index is 1.96. The second kappa shape index (κ2) is 7.22. The van der Waals surface area contributed by atoms with Crippen LogP contribution in [0.2, 0.25) is 0 Å². The van der Waals surface area contributed by atoms with Gasteiger partial charge in [-0.3, -0.25) is 14.9 Å². The largest absolute Gasteiger partial charge is 0.448 e. The van der Waals surface area contributed by atoms with Crippen molar-refractivity contribution in [3.63, 3.8) is 0 Å². The number of aliphatic imine (C=N–C) groups is 1. The van der Waals surface area contributed by atoms with Gasteiger partial charge in [0.2, 0.25) is 5.91 Å². The van der Waals surface area contributed by atoms with Crippen molar-refractivity contribution in [3.8, 4) is 0 Å². The van der Waals surface area contributed by atoms with E-state index in [1.807, 2.05) is 32.0 Å². The molecule has 0 radical (unpaired) electrons. The van der Waals surface area contributed by atoms with Crippen molar-refractivity contribution in [1.29, 1.82) is 0 Å². The molecule has 1 aliphatic rings. The molecule has 0 saturated heterocycles. The number of hydrogen-bond acceptors (Lipinski definition) is 6. The predicted octanol–water partition coefficient (Wildman–Crippen LogP) is 2.31. The highest BCUT2D eigenvalue weighted by Crippen LogP contribution is 2.41. The van der Waals surface area contributed by atoms with Crippen molar-refractivity contribution >= 4 is 23.5 Å². The number of nitrogens with two attached hydrogens (primary N) is 1. The molecule has 1 unspecified atom stereocenters. The summed E-state index contributed by atoms with van der Waals surface area (Å²) in [6.45, 7) is 5.54. The van der Waals surface area contributed by atoms with Gasteiger partial charge in [0, 0.05) is 12.6 Å². The summed E-state index contributed by atoms with van der Waals surface area (Å²) >= 11 is 0. The standard InChI is InChI=1S/C19H23N5O3/c1-4-8-19(11(2)16(25)23-18(20)24-19)13-6-5-7-14(9-13)22-17(26)15-10-27-12(3)21-15/h5-7,9-11H,4,8H2,1-3H3,(H,22,26)(H3,20,23,24,25)/t11?,19-/m0/s1. The lowest BCUT2D eigenvalue weighted by atomic mass is 9.75. The second-order valence-electron chi connectivity index (χ2n) is 6.67. The van der Waals surface area contributed by atoms with E-state index in [0.29, 0.717) is 18.0 Å². The van der Waals surface area contributed by atoms with Crippen LogP contribution in [0.25, 0.3) is 0 Å². The zero-order chi connectivity index (χ0) is 19.6.